The molecule has 1 heterocycles. The van der Waals surface area contributed by atoms with Crippen molar-refractivity contribution < 1.29 is 4.74 Å². The maximum atomic E-state index is 5.41. The Morgan fingerprint density at radius 2 is 1.64 bits per heavy atom. The summed E-state index contributed by atoms with van der Waals surface area (Å²) in [7, 11) is 0. The van der Waals surface area contributed by atoms with Gasteiger partial charge in [0.1, 0.15) is 0 Å². The van der Waals surface area contributed by atoms with Crippen LogP contribution >= 0.6 is 0 Å². The number of hydrogen-bond donors (Lipinski definition) is 1. The predicted molar refractivity (Wildman–Crippen MR) is 58.4 cm³/mol. The Balaban J connectivity index is 1.88. The summed E-state index contributed by atoms with van der Waals surface area (Å²) < 4.78 is 5.41. The molecule has 1 aliphatic carbocycles. The van der Waals surface area contributed by atoms with Crippen LogP contribution in [0.4, 0.5) is 0 Å². The lowest BCUT2D eigenvalue weighted by Crippen LogP contribution is -2.52. The molecule has 0 radical (unpaired) electrons. The van der Waals surface area contributed by atoms with Crippen LogP contribution in [0.1, 0.15) is 46.5 Å². The minimum atomic E-state index is 0.323. The van der Waals surface area contributed by atoms with Gasteiger partial charge in [0.2, 0.25) is 0 Å². The number of rotatable bonds is 3. The highest BCUT2D eigenvalue weighted by molar-refractivity contribution is 5.00. The summed E-state index contributed by atoms with van der Waals surface area (Å²) in [5.74, 6) is 0. The van der Waals surface area contributed by atoms with Crippen molar-refractivity contribution in [2.24, 2.45) is 5.41 Å². The molecule has 0 aromatic rings. The third-order valence-electron chi connectivity index (χ3n) is 4.25. The molecule has 1 aliphatic heterocycles. The molecule has 1 atom stereocenters. The van der Waals surface area contributed by atoms with E-state index in [1.165, 1.54) is 12.8 Å². The highest BCUT2D eigenvalue weighted by Crippen LogP contribution is 2.48. The van der Waals surface area contributed by atoms with Crippen molar-refractivity contribution in [1.29, 1.82) is 0 Å². The lowest BCUT2D eigenvalue weighted by molar-refractivity contribution is 0.0375. The van der Waals surface area contributed by atoms with Crippen molar-refractivity contribution in [3.63, 3.8) is 0 Å². The molecule has 1 saturated heterocycles. The average molecular weight is 197 g/mol. The summed E-state index contributed by atoms with van der Waals surface area (Å²) in [5.41, 5.74) is 0.907. The van der Waals surface area contributed by atoms with E-state index in [0.29, 0.717) is 17.0 Å². The quantitative estimate of drug-likeness (QED) is 0.750. The lowest BCUT2D eigenvalue weighted by atomic mass is 9.89. The van der Waals surface area contributed by atoms with Crippen LogP contribution in [0.2, 0.25) is 0 Å². The molecular formula is C12H23NO. The fraction of sp³-hybridized carbons (Fsp3) is 1.00. The molecule has 0 aromatic heterocycles. The second kappa shape index (κ2) is 3.49. The van der Waals surface area contributed by atoms with Gasteiger partial charge in [0.15, 0.2) is 0 Å². The summed E-state index contributed by atoms with van der Waals surface area (Å²) in [6, 6.07) is 0.658. The first-order chi connectivity index (χ1) is 6.54. The van der Waals surface area contributed by atoms with Crippen molar-refractivity contribution in [3.8, 4) is 0 Å². The van der Waals surface area contributed by atoms with Crippen LogP contribution in [0, 0.1) is 5.41 Å². The maximum absolute atomic E-state index is 5.41. The normalized spacial score (nSPS) is 31.1. The molecule has 14 heavy (non-hydrogen) atoms. The number of ether oxygens (including phenoxy) is 1. The van der Waals surface area contributed by atoms with Crippen molar-refractivity contribution in [2.45, 2.75) is 58.0 Å². The fourth-order valence-corrected chi connectivity index (χ4v) is 2.29. The van der Waals surface area contributed by atoms with Gasteiger partial charge in [-0.1, -0.05) is 6.92 Å². The summed E-state index contributed by atoms with van der Waals surface area (Å²) in [5, 5.41) is 3.82. The smallest absolute Gasteiger partial charge is 0.0483 e. The minimum Gasteiger partial charge on any atom is -0.381 e. The zero-order valence-electron chi connectivity index (χ0n) is 9.73. The molecule has 2 aliphatic rings. The molecule has 2 rings (SSSR count). The molecule has 0 aromatic carbocycles. The predicted octanol–water partition coefficient (Wildman–Crippen LogP) is 2.33. The van der Waals surface area contributed by atoms with E-state index in [1.54, 1.807) is 0 Å². The zero-order valence-corrected chi connectivity index (χ0v) is 9.73. The van der Waals surface area contributed by atoms with Crippen LogP contribution in [0.3, 0.4) is 0 Å². The van der Waals surface area contributed by atoms with Crippen LogP contribution < -0.4 is 5.32 Å². The van der Waals surface area contributed by atoms with Gasteiger partial charge >= 0.3 is 0 Å². The first kappa shape index (κ1) is 10.4. The minimum absolute atomic E-state index is 0.323. The first-order valence-corrected chi connectivity index (χ1v) is 5.90. The van der Waals surface area contributed by atoms with E-state index < -0.39 is 0 Å². The third kappa shape index (κ3) is 2.12. The molecule has 1 unspecified atom stereocenters. The molecule has 1 N–H and O–H groups in total. The van der Waals surface area contributed by atoms with Gasteiger partial charge in [0.05, 0.1) is 0 Å². The second-order valence-corrected chi connectivity index (χ2v) is 5.69. The van der Waals surface area contributed by atoms with Gasteiger partial charge in [-0.3, -0.25) is 0 Å². The maximum Gasteiger partial charge on any atom is 0.0483 e. The second-order valence-electron chi connectivity index (χ2n) is 5.69. The summed E-state index contributed by atoms with van der Waals surface area (Å²) in [6.07, 6.45) is 5.11. The van der Waals surface area contributed by atoms with Gasteiger partial charge in [-0.2, -0.15) is 0 Å². The van der Waals surface area contributed by atoms with Crippen LogP contribution in [0.15, 0.2) is 0 Å². The molecule has 0 bridgehead atoms. The van der Waals surface area contributed by atoms with E-state index >= 15 is 0 Å². The van der Waals surface area contributed by atoms with E-state index in [4.69, 9.17) is 4.74 Å². The van der Waals surface area contributed by atoms with Gasteiger partial charge in [0.25, 0.3) is 0 Å². The zero-order chi connectivity index (χ0) is 10.2. The van der Waals surface area contributed by atoms with E-state index in [9.17, 15) is 0 Å². The molecule has 0 spiro atoms. The van der Waals surface area contributed by atoms with Crippen LogP contribution in [-0.2, 0) is 4.74 Å². The standard InChI is InChI=1S/C12H23NO/c1-10(11(2)4-5-11)13-12(3)6-8-14-9-7-12/h10,13H,4-9H2,1-3H3. The highest BCUT2D eigenvalue weighted by atomic mass is 16.5. The molecular weight excluding hydrogens is 174 g/mol. The molecule has 2 nitrogen and oxygen atoms in total. The van der Waals surface area contributed by atoms with Gasteiger partial charge in [-0.25, -0.2) is 0 Å². The molecule has 1 saturated carbocycles. The van der Waals surface area contributed by atoms with E-state index in [0.717, 1.165) is 26.1 Å². The lowest BCUT2D eigenvalue weighted by Gasteiger charge is -2.39. The highest BCUT2D eigenvalue weighted by Gasteiger charge is 2.44. The van der Waals surface area contributed by atoms with Crippen molar-refractivity contribution >= 4 is 0 Å². The average Bonchev–Trinajstić information content (AvgIpc) is 2.85. The summed E-state index contributed by atoms with van der Waals surface area (Å²) in [4.78, 5) is 0. The van der Waals surface area contributed by atoms with Crippen LogP contribution in [-0.4, -0.2) is 24.8 Å². The Labute approximate surface area is 87.4 Å². The van der Waals surface area contributed by atoms with Crippen molar-refractivity contribution in [2.75, 3.05) is 13.2 Å². The van der Waals surface area contributed by atoms with Crippen LogP contribution in [0.5, 0.6) is 0 Å². The van der Waals surface area contributed by atoms with Gasteiger partial charge in [-0.15, -0.1) is 0 Å². The Morgan fingerprint density at radius 1 is 1.07 bits per heavy atom. The summed E-state index contributed by atoms with van der Waals surface area (Å²) in [6.45, 7) is 8.93. The van der Waals surface area contributed by atoms with Gasteiger partial charge in [0, 0.05) is 24.8 Å². The fourth-order valence-electron chi connectivity index (χ4n) is 2.29. The number of nitrogens with one attached hydrogen (secondary N) is 1. The third-order valence-corrected chi connectivity index (χ3v) is 4.25. The Kier molecular flexibility index (Phi) is 2.61. The van der Waals surface area contributed by atoms with Gasteiger partial charge < -0.3 is 10.1 Å². The van der Waals surface area contributed by atoms with Crippen molar-refractivity contribution in [1.82, 2.24) is 5.32 Å². The van der Waals surface area contributed by atoms with Gasteiger partial charge in [-0.05, 0) is 44.9 Å². The molecule has 0 amide bonds. The SMILES string of the molecule is CC(NC1(C)CCOCC1)C1(C)CC1. The van der Waals surface area contributed by atoms with E-state index in [2.05, 4.69) is 26.1 Å². The summed E-state index contributed by atoms with van der Waals surface area (Å²) >= 11 is 0. The number of hydrogen-bond acceptors (Lipinski definition) is 2. The van der Waals surface area contributed by atoms with E-state index in [1.807, 2.05) is 0 Å². The first-order valence-electron chi connectivity index (χ1n) is 5.90. The Morgan fingerprint density at radius 3 is 2.14 bits per heavy atom. The molecule has 2 fully saturated rings. The monoisotopic (exact) mass is 197 g/mol. The van der Waals surface area contributed by atoms with Crippen molar-refractivity contribution in [3.05, 3.63) is 0 Å². The van der Waals surface area contributed by atoms with E-state index in [-0.39, 0.29) is 0 Å². The Hall–Kier alpha value is -0.0800. The Bertz CT molecular complexity index is 204. The largest absolute Gasteiger partial charge is 0.381 e. The van der Waals surface area contributed by atoms with Crippen LogP contribution in [0.25, 0.3) is 0 Å². The molecule has 82 valence electrons. The molecule has 2 heteroatoms. The topological polar surface area (TPSA) is 21.3 Å².